The van der Waals surface area contributed by atoms with Crippen molar-refractivity contribution in [1.82, 2.24) is 20.1 Å². The average molecular weight is 360 g/mol. The van der Waals surface area contributed by atoms with Crippen molar-refractivity contribution in [3.8, 4) is 28.1 Å². The third kappa shape index (κ3) is 2.51. The van der Waals surface area contributed by atoms with Gasteiger partial charge in [0.2, 0.25) is 5.88 Å². The molecule has 1 saturated carbocycles. The number of hydrogen-bond acceptors (Lipinski definition) is 5. The van der Waals surface area contributed by atoms with E-state index in [1.807, 2.05) is 26.8 Å². The monoisotopic (exact) mass is 360 g/mol. The first-order valence-corrected chi connectivity index (χ1v) is 9.14. The van der Waals surface area contributed by atoms with E-state index in [1.54, 1.807) is 6.20 Å². The number of aromatic nitrogens is 4. The van der Waals surface area contributed by atoms with Gasteiger partial charge >= 0.3 is 0 Å². The second-order valence-corrected chi connectivity index (χ2v) is 7.34. The molecule has 1 aromatic carbocycles. The highest BCUT2D eigenvalue weighted by Gasteiger charge is 2.28. The molecule has 3 aromatic heterocycles. The van der Waals surface area contributed by atoms with Crippen molar-refractivity contribution >= 4 is 11.0 Å². The quantitative estimate of drug-likeness (QED) is 0.548. The molecule has 5 rings (SSSR count). The van der Waals surface area contributed by atoms with Gasteiger partial charge in [0.1, 0.15) is 11.6 Å². The minimum Gasteiger partial charge on any atom is -0.493 e. The van der Waals surface area contributed by atoms with Gasteiger partial charge in [-0.15, -0.1) is 0 Å². The third-order valence-corrected chi connectivity index (χ3v) is 5.30. The molecule has 1 aliphatic carbocycles. The predicted octanol–water partition coefficient (Wildman–Crippen LogP) is 4.79. The summed E-state index contributed by atoms with van der Waals surface area (Å²) < 4.78 is 5.37. The molecule has 0 radical (unpaired) electrons. The molecule has 0 amide bonds. The maximum Gasteiger partial charge on any atom is 0.219 e. The lowest BCUT2D eigenvalue weighted by Crippen LogP contribution is -1.91. The Hall–Kier alpha value is -3.15. The van der Waals surface area contributed by atoms with Crippen LogP contribution in [0.4, 0.5) is 0 Å². The molecule has 3 heterocycles. The second-order valence-electron chi connectivity index (χ2n) is 7.34. The number of rotatable bonds is 3. The lowest BCUT2D eigenvalue weighted by molar-refractivity contribution is 0.393. The molecular formula is C21H20N4O2. The SMILES string of the molecule is Cc1ccnc(O)c1-c1cc(-c2c(C)noc2C)cc2[nH]c(C3CC3)nc12. The summed E-state index contributed by atoms with van der Waals surface area (Å²) in [6.45, 7) is 5.82. The molecule has 0 saturated heterocycles. The highest BCUT2D eigenvalue weighted by atomic mass is 16.5. The number of aryl methyl sites for hydroxylation is 3. The molecule has 27 heavy (non-hydrogen) atoms. The minimum atomic E-state index is 0.0168. The summed E-state index contributed by atoms with van der Waals surface area (Å²) in [5.74, 6) is 2.31. The Bertz CT molecular complexity index is 1140. The van der Waals surface area contributed by atoms with Crippen LogP contribution in [0.5, 0.6) is 5.88 Å². The summed E-state index contributed by atoms with van der Waals surface area (Å²) >= 11 is 0. The van der Waals surface area contributed by atoms with Crippen molar-refractivity contribution in [2.45, 2.75) is 39.5 Å². The zero-order valence-corrected chi connectivity index (χ0v) is 15.5. The van der Waals surface area contributed by atoms with E-state index in [0.29, 0.717) is 11.5 Å². The molecule has 6 nitrogen and oxygen atoms in total. The van der Waals surface area contributed by atoms with E-state index in [0.717, 1.165) is 50.6 Å². The fourth-order valence-electron chi connectivity index (χ4n) is 3.79. The number of benzene rings is 1. The number of aromatic amines is 1. The summed E-state index contributed by atoms with van der Waals surface area (Å²) in [5, 5.41) is 14.6. The molecule has 0 bridgehead atoms. The van der Waals surface area contributed by atoms with E-state index in [1.165, 1.54) is 12.8 Å². The Morgan fingerprint density at radius 1 is 1.15 bits per heavy atom. The molecule has 0 spiro atoms. The smallest absolute Gasteiger partial charge is 0.219 e. The van der Waals surface area contributed by atoms with Gasteiger partial charge in [0.25, 0.3) is 0 Å². The van der Waals surface area contributed by atoms with Gasteiger partial charge in [0.05, 0.1) is 16.7 Å². The van der Waals surface area contributed by atoms with E-state index >= 15 is 0 Å². The van der Waals surface area contributed by atoms with Crippen LogP contribution in [0.1, 0.15) is 41.6 Å². The van der Waals surface area contributed by atoms with Crippen LogP contribution in [-0.2, 0) is 0 Å². The van der Waals surface area contributed by atoms with Crippen molar-refractivity contribution in [3.63, 3.8) is 0 Å². The Morgan fingerprint density at radius 3 is 2.63 bits per heavy atom. The molecule has 4 aromatic rings. The predicted molar refractivity (Wildman–Crippen MR) is 103 cm³/mol. The molecule has 0 atom stereocenters. The van der Waals surface area contributed by atoms with Crippen LogP contribution in [0.2, 0.25) is 0 Å². The number of hydrogen-bond donors (Lipinski definition) is 2. The number of imidazole rings is 1. The molecule has 136 valence electrons. The molecule has 1 fully saturated rings. The first-order valence-electron chi connectivity index (χ1n) is 9.14. The standard InChI is InChI=1S/C21H20N4O2/c1-10-6-7-22-21(26)17(10)15-8-14(18-11(2)25-27-12(18)3)9-16-19(15)24-20(23-16)13-4-5-13/h6-9,13H,4-5H2,1-3H3,(H,22,26)(H,23,24). The van der Waals surface area contributed by atoms with Crippen molar-refractivity contribution in [1.29, 1.82) is 0 Å². The largest absolute Gasteiger partial charge is 0.493 e. The fraction of sp³-hybridized carbons (Fsp3) is 0.286. The van der Waals surface area contributed by atoms with Crippen LogP contribution in [0, 0.1) is 20.8 Å². The number of H-pyrrole nitrogens is 1. The van der Waals surface area contributed by atoms with Gasteiger partial charge in [0.15, 0.2) is 0 Å². The zero-order chi connectivity index (χ0) is 18.7. The zero-order valence-electron chi connectivity index (χ0n) is 15.5. The van der Waals surface area contributed by atoms with Crippen molar-refractivity contribution < 1.29 is 9.63 Å². The summed E-state index contributed by atoms with van der Waals surface area (Å²) in [5.41, 5.74) is 7.15. The topological polar surface area (TPSA) is 87.8 Å². The van der Waals surface area contributed by atoms with Crippen LogP contribution in [-0.4, -0.2) is 25.2 Å². The minimum absolute atomic E-state index is 0.0168. The first kappa shape index (κ1) is 16.1. The Labute approximate surface area is 156 Å². The van der Waals surface area contributed by atoms with Gasteiger partial charge in [-0.25, -0.2) is 9.97 Å². The van der Waals surface area contributed by atoms with E-state index in [4.69, 9.17) is 9.51 Å². The van der Waals surface area contributed by atoms with Crippen molar-refractivity contribution in [2.75, 3.05) is 0 Å². The number of fused-ring (bicyclic) bond motifs is 1. The first-order chi connectivity index (χ1) is 13.0. The summed E-state index contributed by atoms with van der Waals surface area (Å²) in [6, 6.07) is 6.04. The number of nitrogens with zero attached hydrogens (tertiary/aromatic N) is 3. The Morgan fingerprint density at radius 2 is 1.96 bits per heavy atom. The number of aromatic hydroxyl groups is 1. The van der Waals surface area contributed by atoms with Crippen molar-refractivity contribution in [3.05, 3.63) is 47.2 Å². The van der Waals surface area contributed by atoms with Gasteiger partial charge in [0, 0.05) is 28.8 Å². The highest BCUT2D eigenvalue weighted by Crippen LogP contribution is 2.43. The van der Waals surface area contributed by atoms with Gasteiger partial charge < -0.3 is 14.6 Å². The van der Waals surface area contributed by atoms with E-state index in [2.05, 4.69) is 27.3 Å². The molecule has 6 heteroatoms. The number of nitrogens with one attached hydrogen (secondary N) is 1. The summed E-state index contributed by atoms with van der Waals surface area (Å²) in [4.78, 5) is 12.4. The third-order valence-electron chi connectivity index (χ3n) is 5.30. The average Bonchev–Trinajstić information content (AvgIpc) is 3.30. The van der Waals surface area contributed by atoms with E-state index in [9.17, 15) is 5.11 Å². The molecule has 0 aliphatic heterocycles. The maximum absolute atomic E-state index is 10.5. The van der Waals surface area contributed by atoms with Crippen LogP contribution in [0.25, 0.3) is 33.3 Å². The van der Waals surface area contributed by atoms with Gasteiger partial charge in [-0.3, -0.25) is 0 Å². The van der Waals surface area contributed by atoms with Gasteiger partial charge in [-0.1, -0.05) is 5.16 Å². The summed E-state index contributed by atoms with van der Waals surface area (Å²) in [7, 11) is 0. The Kier molecular flexibility index (Phi) is 3.37. The highest BCUT2D eigenvalue weighted by molar-refractivity contribution is 5.98. The van der Waals surface area contributed by atoms with Crippen LogP contribution < -0.4 is 0 Å². The lowest BCUT2D eigenvalue weighted by atomic mass is 9.95. The molecular weight excluding hydrogens is 340 g/mol. The van der Waals surface area contributed by atoms with Crippen molar-refractivity contribution in [2.24, 2.45) is 0 Å². The molecule has 1 aliphatic rings. The Balaban J connectivity index is 1.84. The van der Waals surface area contributed by atoms with Crippen LogP contribution >= 0.6 is 0 Å². The van der Waals surface area contributed by atoms with E-state index in [-0.39, 0.29) is 5.88 Å². The van der Waals surface area contributed by atoms with E-state index < -0.39 is 0 Å². The normalized spacial score (nSPS) is 14.2. The molecule has 2 N–H and O–H groups in total. The number of pyridine rings is 1. The fourth-order valence-corrected chi connectivity index (χ4v) is 3.79. The van der Waals surface area contributed by atoms with Gasteiger partial charge in [-0.05, 0) is 62.9 Å². The van der Waals surface area contributed by atoms with Crippen LogP contribution in [0.15, 0.2) is 28.9 Å². The van der Waals surface area contributed by atoms with Crippen LogP contribution in [0.3, 0.4) is 0 Å². The van der Waals surface area contributed by atoms with Gasteiger partial charge in [-0.2, -0.15) is 0 Å². The summed E-state index contributed by atoms with van der Waals surface area (Å²) in [6.07, 6.45) is 3.95. The second kappa shape index (κ2) is 5.67. The molecule has 0 unspecified atom stereocenters. The lowest BCUT2D eigenvalue weighted by Gasteiger charge is -2.11. The maximum atomic E-state index is 10.5.